The first-order valence-electron chi connectivity index (χ1n) is 4.37. The van der Waals surface area contributed by atoms with E-state index in [1.165, 1.54) is 12.2 Å². The van der Waals surface area contributed by atoms with Gasteiger partial charge in [0.2, 0.25) is 0 Å². The largest absolute Gasteiger partial charge is 0.388 e. The van der Waals surface area contributed by atoms with Gasteiger partial charge in [-0.15, -0.1) is 0 Å². The van der Waals surface area contributed by atoms with Crippen LogP contribution >= 0.6 is 0 Å². The standard InChI is InChI=1S/C9H11NO3/c11-7-2-3-8(12)10(7)6-9(13)4-1-5-9/h2-3,13H,1,4-6H2. The predicted molar refractivity (Wildman–Crippen MR) is 44.7 cm³/mol. The second-order valence-corrected chi connectivity index (χ2v) is 3.67. The van der Waals surface area contributed by atoms with Gasteiger partial charge < -0.3 is 5.11 Å². The monoisotopic (exact) mass is 181 g/mol. The van der Waals surface area contributed by atoms with Gasteiger partial charge in [-0.25, -0.2) is 0 Å². The summed E-state index contributed by atoms with van der Waals surface area (Å²) >= 11 is 0. The van der Waals surface area contributed by atoms with E-state index in [0.29, 0.717) is 12.8 Å². The van der Waals surface area contributed by atoms with E-state index in [9.17, 15) is 14.7 Å². The molecule has 0 spiro atoms. The van der Waals surface area contributed by atoms with Crippen molar-refractivity contribution in [3.05, 3.63) is 12.2 Å². The van der Waals surface area contributed by atoms with E-state index < -0.39 is 5.60 Å². The van der Waals surface area contributed by atoms with Crippen LogP contribution in [0.15, 0.2) is 12.2 Å². The summed E-state index contributed by atoms with van der Waals surface area (Å²) < 4.78 is 0. The Hall–Kier alpha value is -1.16. The molecule has 1 saturated carbocycles. The molecule has 1 aliphatic carbocycles. The highest BCUT2D eigenvalue weighted by atomic mass is 16.3. The van der Waals surface area contributed by atoms with Crippen molar-refractivity contribution in [1.82, 2.24) is 4.90 Å². The molecule has 1 N–H and O–H groups in total. The number of hydrogen-bond donors (Lipinski definition) is 1. The summed E-state index contributed by atoms with van der Waals surface area (Å²) in [4.78, 5) is 23.3. The summed E-state index contributed by atoms with van der Waals surface area (Å²) in [6.07, 6.45) is 4.82. The molecule has 1 fully saturated rings. The van der Waals surface area contributed by atoms with Gasteiger partial charge in [0.05, 0.1) is 12.1 Å². The summed E-state index contributed by atoms with van der Waals surface area (Å²) in [6.45, 7) is 0.150. The maximum Gasteiger partial charge on any atom is 0.253 e. The van der Waals surface area contributed by atoms with Crippen molar-refractivity contribution in [2.75, 3.05) is 6.54 Å². The average molecular weight is 181 g/mol. The molecule has 0 aromatic rings. The lowest BCUT2D eigenvalue weighted by atomic mass is 9.80. The summed E-state index contributed by atoms with van der Waals surface area (Å²) in [5.74, 6) is -0.629. The summed E-state index contributed by atoms with van der Waals surface area (Å²) in [7, 11) is 0. The van der Waals surface area contributed by atoms with Crippen LogP contribution in [0.1, 0.15) is 19.3 Å². The van der Waals surface area contributed by atoms with Crippen LogP contribution in [0, 0.1) is 0 Å². The number of rotatable bonds is 2. The molecule has 13 heavy (non-hydrogen) atoms. The van der Waals surface area contributed by atoms with Gasteiger partial charge in [0.15, 0.2) is 0 Å². The third-order valence-corrected chi connectivity index (χ3v) is 2.64. The van der Waals surface area contributed by atoms with Gasteiger partial charge in [0, 0.05) is 12.2 Å². The number of hydrogen-bond acceptors (Lipinski definition) is 3. The molecule has 0 bridgehead atoms. The first-order valence-corrected chi connectivity index (χ1v) is 4.37. The fraction of sp³-hybridized carbons (Fsp3) is 0.556. The normalized spacial score (nSPS) is 25.2. The van der Waals surface area contributed by atoms with Crippen LogP contribution in [0.2, 0.25) is 0 Å². The molecule has 0 saturated heterocycles. The summed E-state index contributed by atoms with van der Waals surface area (Å²) in [6, 6.07) is 0. The number of imide groups is 1. The van der Waals surface area contributed by atoms with Crippen LogP contribution in [0.25, 0.3) is 0 Å². The van der Waals surface area contributed by atoms with Crippen molar-refractivity contribution in [1.29, 1.82) is 0 Å². The number of β-amino-alcohol motifs (C(OH)–C–C–N with tert-alkyl or cyclic N) is 1. The number of carbonyl (C=O) groups is 2. The minimum absolute atomic E-state index is 0.150. The molecule has 0 atom stereocenters. The Morgan fingerprint density at radius 2 is 1.85 bits per heavy atom. The Balaban J connectivity index is 2.02. The quantitative estimate of drug-likeness (QED) is 0.601. The Labute approximate surface area is 75.8 Å². The zero-order chi connectivity index (χ0) is 9.47. The first kappa shape index (κ1) is 8.44. The van der Waals surface area contributed by atoms with Crippen molar-refractivity contribution in [3.63, 3.8) is 0 Å². The van der Waals surface area contributed by atoms with Crippen molar-refractivity contribution in [3.8, 4) is 0 Å². The van der Waals surface area contributed by atoms with Crippen LogP contribution in [-0.2, 0) is 9.59 Å². The number of nitrogens with zero attached hydrogens (tertiary/aromatic N) is 1. The van der Waals surface area contributed by atoms with Gasteiger partial charge in [0.1, 0.15) is 0 Å². The Morgan fingerprint density at radius 1 is 1.31 bits per heavy atom. The molecular formula is C9H11NO3. The zero-order valence-corrected chi connectivity index (χ0v) is 7.19. The van der Waals surface area contributed by atoms with Gasteiger partial charge in [-0.05, 0) is 19.3 Å². The van der Waals surface area contributed by atoms with Gasteiger partial charge in [-0.1, -0.05) is 0 Å². The zero-order valence-electron chi connectivity index (χ0n) is 7.19. The molecule has 0 unspecified atom stereocenters. The van der Waals surface area contributed by atoms with E-state index in [0.717, 1.165) is 11.3 Å². The second kappa shape index (κ2) is 2.67. The molecule has 2 rings (SSSR count). The fourth-order valence-electron chi connectivity index (χ4n) is 1.62. The lowest BCUT2D eigenvalue weighted by molar-refractivity contribution is -0.144. The minimum Gasteiger partial charge on any atom is -0.388 e. The van der Waals surface area contributed by atoms with Crippen LogP contribution < -0.4 is 0 Å². The molecule has 1 heterocycles. The first-order chi connectivity index (χ1) is 6.11. The van der Waals surface area contributed by atoms with E-state index in [1.54, 1.807) is 0 Å². The smallest absolute Gasteiger partial charge is 0.253 e. The SMILES string of the molecule is O=C1C=CC(=O)N1CC1(O)CCC1. The minimum atomic E-state index is -0.808. The number of carbonyl (C=O) groups excluding carboxylic acids is 2. The lowest BCUT2D eigenvalue weighted by Crippen LogP contribution is -2.49. The van der Waals surface area contributed by atoms with Crippen molar-refractivity contribution in [2.24, 2.45) is 0 Å². The fourth-order valence-corrected chi connectivity index (χ4v) is 1.62. The van der Waals surface area contributed by atoms with Gasteiger partial charge in [-0.2, -0.15) is 0 Å². The Bertz CT molecular complexity index is 273. The maximum atomic E-state index is 11.1. The van der Waals surface area contributed by atoms with E-state index in [2.05, 4.69) is 0 Å². The molecule has 0 aromatic carbocycles. The summed E-state index contributed by atoms with van der Waals surface area (Å²) in [5.41, 5.74) is -0.808. The molecule has 2 aliphatic rings. The lowest BCUT2D eigenvalue weighted by Gasteiger charge is -2.38. The molecule has 2 amide bonds. The Kier molecular flexibility index (Phi) is 1.73. The highest BCUT2D eigenvalue weighted by Gasteiger charge is 2.39. The molecule has 4 nitrogen and oxygen atoms in total. The van der Waals surface area contributed by atoms with Crippen LogP contribution in [0.5, 0.6) is 0 Å². The van der Waals surface area contributed by atoms with Crippen LogP contribution in [0.3, 0.4) is 0 Å². The van der Waals surface area contributed by atoms with Crippen molar-refractivity contribution in [2.45, 2.75) is 24.9 Å². The topological polar surface area (TPSA) is 57.6 Å². The third-order valence-electron chi connectivity index (χ3n) is 2.64. The van der Waals surface area contributed by atoms with E-state index in [1.807, 2.05) is 0 Å². The molecule has 70 valence electrons. The third kappa shape index (κ3) is 1.37. The van der Waals surface area contributed by atoms with Gasteiger partial charge in [0.25, 0.3) is 11.8 Å². The molecule has 0 aromatic heterocycles. The molecular weight excluding hydrogens is 170 g/mol. The van der Waals surface area contributed by atoms with Crippen LogP contribution in [0.4, 0.5) is 0 Å². The van der Waals surface area contributed by atoms with E-state index in [4.69, 9.17) is 0 Å². The van der Waals surface area contributed by atoms with Crippen molar-refractivity contribution < 1.29 is 14.7 Å². The number of amides is 2. The molecule has 0 radical (unpaired) electrons. The molecule has 1 aliphatic heterocycles. The van der Waals surface area contributed by atoms with Gasteiger partial charge >= 0.3 is 0 Å². The van der Waals surface area contributed by atoms with Crippen LogP contribution in [-0.4, -0.2) is 34.0 Å². The number of aliphatic hydroxyl groups is 1. The highest BCUT2D eigenvalue weighted by Crippen LogP contribution is 2.32. The maximum absolute atomic E-state index is 11.1. The average Bonchev–Trinajstić information content (AvgIpc) is 2.33. The van der Waals surface area contributed by atoms with E-state index in [-0.39, 0.29) is 18.4 Å². The molecule has 4 heteroatoms. The summed E-state index contributed by atoms with van der Waals surface area (Å²) in [5, 5.41) is 9.73. The van der Waals surface area contributed by atoms with E-state index >= 15 is 0 Å². The second-order valence-electron chi connectivity index (χ2n) is 3.67. The highest BCUT2D eigenvalue weighted by molar-refractivity contribution is 6.12. The van der Waals surface area contributed by atoms with Crippen molar-refractivity contribution >= 4 is 11.8 Å². The predicted octanol–water partition coefficient (Wildman–Crippen LogP) is -0.174. The van der Waals surface area contributed by atoms with Gasteiger partial charge in [-0.3, -0.25) is 14.5 Å². The Morgan fingerprint density at radius 3 is 2.23 bits per heavy atom.